The third kappa shape index (κ3) is 6.39. The first kappa shape index (κ1) is 17.7. The zero-order chi connectivity index (χ0) is 16.5. The van der Waals surface area contributed by atoms with E-state index in [2.05, 4.69) is 10.6 Å². The smallest absolute Gasteiger partial charge is 0.311 e. The van der Waals surface area contributed by atoms with Crippen molar-refractivity contribution in [2.24, 2.45) is 0 Å². The van der Waals surface area contributed by atoms with Crippen molar-refractivity contribution in [3.05, 3.63) is 29.8 Å². The quantitative estimate of drug-likeness (QED) is 0.750. The molecule has 1 aromatic rings. The maximum atomic E-state index is 11.8. The van der Waals surface area contributed by atoms with Gasteiger partial charge in [0.15, 0.2) is 6.10 Å². The molecular formula is C16H22N2O4. The van der Waals surface area contributed by atoms with E-state index in [9.17, 15) is 14.4 Å². The first-order valence-electron chi connectivity index (χ1n) is 7.26. The molecule has 1 rings (SSSR count). The molecule has 2 N–H and O–H groups in total. The van der Waals surface area contributed by atoms with Gasteiger partial charge in [0.2, 0.25) is 5.91 Å². The number of esters is 1. The summed E-state index contributed by atoms with van der Waals surface area (Å²) in [6.07, 6.45) is 0.0939. The summed E-state index contributed by atoms with van der Waals surface area (Å²) in [5.41, 5.74) is 1.41. The van der Waals surface area contributed by atoms with Gasteiger partial charge in [-0.25, -0.2) is 0 Å². The van der Waals surface area contributed by atoms with Gasteiger partial charge in [0, 0.05) is 19.2 Å². The van der Waals surface area contributed by atoms with E-state index in [4.69, 9.17) is 4.74 Å². The minimum atomic E-state index is -0.808. The first-order chi connectivity index (χ1) is 10.4. The summed E-state index contributed by atoms with van der Waals surface area (Å²) >= 11 is 0. The van der Waals surface area contributed by atoms with E-state index in [-0.39, 0.29) is 18.2 Å². The number of amides is 2. The van der Waals surface area contributed by atoms with E-state index in [0.717, 1.165) is 12.0 Å². The van der Waals surface area contributed by atoms with Crippen molar-refractivity contribution in [2.45, 2.75) is 39.7 Å². The van der Waals surface area contributed by atoms with E-state index in [0.29, 0.717) is 12.2 Å². The molecule has 0 heterocycles. The van der Waals surface area contributed by atoms with Crippen molar-refractivity contribution in [3.63, 3.8) is 0 Å². The van der Waals surface area contributed by atoms with Crippen LogP contribution in [-0.4, -0.2) is 30.4 Å². The highest BCUT2D eigenvalue weighted by atomic mass is 16.5. The van der Waals surface area contributed by atoms with Crippen LogP contribution in [0.2, 0.25) is 0 Å². The first-order valence-corrected chi connectivity index (χ1v) is 7.26. The van der Waals surface area contributed by atoms with Crippen LogP contribution in [0.5, 0.6) is 0 Å². The molecule has 0 saturated heterocycles. The number of ether oxygens (including phenoxy) is 1. The molecule has 1 atom stereocenters. The molecule has 0 fully saturated rings. The maximum Gasteiger partial charge on any atom is 0.311 e. The molecule has 0 radical (unpaired) electrons. The number of anilines is 1. The molecule has 0 bridgehead atoms. The van der Waals surface area contributed by atoms with Gasteiger partial charge in [-0.3, -0.25) is 14.4 Å². The summed E-state index contributed by atoms with van der Waals surface area (Å²) in [5, 5.41) is 5.31. The normalized spacial score (nSPS) is 11.4. The number of carbonyl (C=O) groups excluding carboxylic acids is 3. The highest BCUT2D eigenvalue weighted by Crippen LogP contribution is 2.10. The van der Waals surface area contributed by atoms with E-state index in [1.165, 1.54) is 6.92 Å². The van der Waals surface area contributed by atoms with Gasteiger partial charge in [-0.1, -0.05) is 19.1 Å². The predicted molar refractivity (Wildman–Crippen MR) is 83.3 cm³/mol. The highest BCUT2D eigenvalue weighted by molar-refractivity contribution is 5.88. The molecule has 22 heavy (non-hydrogen) atoms. The van der Waals surface area contributed by atoms with Crippen LogP contribution in [0.3, 0.4) is 0 Å². The van der Waals surface area contributed by atoms with Gasteiger partial charge >= 0.3 is 5.97 Å². The Morgan fingerprint density at radius 1 is 1.18 bits per heavy atom. The number of hydrogen-bond donors (Lipinski definition) is 2. The minimum Gasteiger partial charge on any atom is -0.452 e. The SMILES string of the molecule is CCCNC(=O)[C@@H](C)OC(=O)Cc1ccc(NC(C)=O)cc1. The molecule has 0 aromatic heterocycles. The van der Waals surface area contributed by atoms with Crippen LogP contribution in [0.1, 0.15) is 32.8 Å². The summed E-state index contributed by atoms with van der Waals surface area (Å²) in [6, 6.07) is 6.88. The van der Waals surface area contributed by atoms with E-state index < -0.39 is 12.1 Å². The molecule has 2 amide bonds. The zero-order valence-electron chi connectivity index (χ0n) is 13.1. The number of benzene rings is 1. The molecule has 0 aliphatic carbocycles. The molecule has 0 aliphatic rings. The van der Waals surface area contributed by atoms with Gasteiger partial charge in [0.05, 0.1) is 6.42 Å². The zero-order valence-corrected chi connectivity index (χ0v) is 13.1. The molecule has 0 aliphatic heterocycles. The summed E-state index contributed by atoms with van der Waals surface area (Å²) in [5.74, 6) is -0.915. The molecular weight excluding hydrogens is 284 g/mol. The molecule has 6 heteroatoms. The maximum absolute atomic E-state index is 11.8. The monoisotopic (exact) mass is 306 g/mol. The van der Waals surface area contributed by atoms with Crippen molar-refractivity contribution in [1.29, 1.82) is 0 Å². The van der Waals surface area contributed by atoms with Gasteiger partial charge in [-0.2, -0.15) is 0 Å². The van der Waals surface area contributed by atoms with Crippen LogP contribution in [0.25, 0.3) is 0 Å². The van der Waals surface area contributed by atoms with Gasteiger partial charge in [-0.15, -0.1) is 0 Å². The van der Waals surface area contributed by atoms with Gasteiger partial charge in [0.1, 0.15) is 0 Å². The van der Waals surface area contributed by atoms with E-state index in [1.807, 2.05) is 6.92 Å². The molecule has 1 aromatic carbocycles. The van der Waals surface area contributed by atoms with Crippen molar-refractivity contribution >= 4 is 23.5 Å². The average Bonchev–Trinajstić information content (AvgIpc) is 2.46. The Morgan fingerprint density at radius 2 is 1.82 bits per heavy atom. The summed E-state index contributed by atoms with van der Waals surface area (Å²) < 4.78 is 5.09. The topological polar surface area (TPSA) is 84.5 Å². The fourth-order valence-corrected chi connectivity index (χ4v) is 1.76. The number of hydrogen-bond acceptors (Lipinski definition) is 4. The third-order valence-electron chi connectivity index (χ3n) is 2.85. The number of carbonyl (C=O) groups is 3. The van der Waals surface area contributed by atoms with Gasteiger partial charge < -0.3 is 15.4 Å². The third-order valence-corrected chi connectivity index (χ3v) is 2.85. The second-order valence-electron chi connectivity index (χ2n) is 4.98. The Labute approximate surface area is 130 Å². The van der Waals surface area contributed by atoms with Crippen LogP contribution in [0.4, 0.5) is 5.69 Å². The fraction of sp³-hybridized carbons (Fsp3) is 0.438. The summed E-state index contributed by atoms with van der Waals surface area (Å²) in [4.78, 5) is 34.3. The Balaban J connectivity index is 2.47. The predicted octanol–water partition coefficient (Wildman–Crippen LogP) is 1.65. The largest absolute Gasteiger partial charge is 0.452 e. The molecule has 0 unspecified atom stereocenters. The van der Waals surface area contributed by atoms with Gasteiger partial charge in [-0.05, 0) is 31.0 Å². The lowest BCUT2D eigenvalue weighted by Gasteiger charge is -2.13. The van der Waals surface area contributed by atoms with Crippen LogP contribution < -0.4 is 10.6 Å². The van der Waals surface area contributed by atoms with Crippen molar-refractivity contribution in [1.82, 2.24) is 5.32 Å². The van der Waals surface area contributed by atoms with Crippen LogP contribution in [0.15, 0.2) is 24.3 Å². The molecule has 6 nitrogen and oxygen atoms in total. The van der Waals surface area contributed by atoms with Crippen molar-refractivity contribution in [3.8, 4) is 0 Å². The number of rotatable bonds is 7. The summed E-state index contributed by atoms with van der Waals surface area (Å²) in [7, 11) is 0. The van der Waals surface area contributed by atoms with Crippen molar-refractivity contribution < 1.29 is 19.1 Å². The van der Waals surface area contributed by atoms with Crippen LogP contribution in [-0.2, 0) is 25.5 Å². The second-order valence-corrected chi connectivity index (χ2v) is 4.98. The Bertz CT molecular complexity index is 525. The average molecular weight is 306 g/mol. The van der Waals surface area contributed by atoms with Crippen LogP contribution >= 0.6 is 0 Å². The Morgan fingerprint density at radius 3 is 2.36 bits per heavy atom. The Kier molecular flexibility index (Phi) is 7.08. The molecule has 0 saturated carbocycles. The lowest BCUT2D eigenvalue weighted by Crippen LogP contribution is -2.36. The molecule has 120 valence electrons. The van der Waals surface area contributed by atoms with Crippen LogP contribution in [0, 0.1) is 0 Å². The number of nitrogens with one attached hydrogen (secondary N) is 2. The van der Waals surface area contributed by atoms with Crippen molar-refractivity contribution in [2.75, 3.05) is 11.9 Å². The van der Waals surface area contributed by atoms with E-state index >= 15 is 0 Å². The molecule has 0 spiro atoms. The summed E-state index contributed by atoms with van der Waals surface area (Å²) in [6.45, 7) is 5.48. The second kappa shape index (κ2) is 8.81. The standard InChI is InChI=1S/C16H22N2O4/c1-4-9-17-16(21)11(2)22-15(20)10-13-5-7-14(8-6-13)18-12(3)19/h5-8,11H,4,9-10H2,1-3H3,(H,17,21)(H,18,19)/t11-/m1/s1. The lowest BCUT2D eigenvalue weighted by molar-refractivity contribution is -0.154. The van der Waals surface area contributed by atoms with Gasteiger partial charge in [0.25, 0.3) is 5.91 Å². The lowest BCUT2D eigenvalue weighted by atomic mass is 10.1. The Hall–Kier alpha value is -2.37. The fourth-order valence-electron chi connectivity index (χ4n) is 1.76. The highest BCUT2D eigenvalue weighted by Gasteiger charge is 2.17. The van der Waals surface area contributed by atoms with E-state index in [1.54, 1.807) is 31.2 Å². The minimum absolute atomic E-state index is 0.0751.